The summed E-state index contributed by atoms with van der Waals surface area (Å²) in [7, 11) is 0. The lowest BCUT2D eigenvalue weighted by Crippen LogP contribution is -2.28. The van der Waals surface area contributed by atoms with Gasteiger partial charge in [-0.1, -0.05) is 12.1 Å². The number of aromatic nitrogens is 1. The Morgan fingerprint density at radius 1 is 1.41 bits per heavy atom. The van der Waals surface area contributed by atoms with Gasteiger partial charge in [0.25, 0.3) is 0 Å². The van der Waals surface area contributed by atoms with Crippen molar-refractivity contribution >= 4 is 11.3 Å². The summed E-state index contributed by atoms with van der Waals surface area (Å²) in [5.41, 5.74) is 4.13. The Morgan fingerprint density at radius 2 is 2.18 bits per heavy atom. The molecule has 0 bridgehead atoms. The summed E-state index contributed by atoms with van der Waals surface area (Å²) >= 11 is 1.55. The predicted octanol–water partition coefficient (Wildman–Crippen LogP) is 2.45. The number of hydrogen-bond acceptors (Lipinski definition) is 4. The first-order valence-corrected chi connectivity index (χ1v) is 6.08. The molecule has 1 aromatic carbocycles. The van der Waals surface area contributed by atoms with Crippen LogP contribution in [0.5, 0.6) is 0 Å². The lowest BCUT2D eigenvalue weighted by atomic mass is 10.0. The fourth-order valence-electron chi connectivity index (χ4n) is 1.64. The van der Waals surface area contributed by atoms with Crippen LogP contribution in [-0.2, 0) is 0 Å². The summed E-state index contributed by atoms with van der Waals surface area (Å²) < 4.78 is 13.5. The van der Waals surface area contributed by atoms with Crippen LogP contribution in [0.3, 0.4) is 0 Å². The van der Waals surface area contributed by atoms with E-state index in [1.165, 1.54) is 6.07 Å². The van der Waals surface area contributed by atoms with Crippen molar-refractivity contribution in [2.45, 2.75) is 19.9 Å². The van der Waals surface area contributed by atoms with Crippen molar-refractivity contribution < 1.29 is 4.39 Å². The number of hydrogen-bond donors (Lipinski definition) is 2. The standard InChI is InChI=1S/C12H14FN3S/c1-7-3-4-9(5-10(7)13)12(16-14)11-6-15-8(2)17-11/h3-6,12,16H,14H2,1-2H3. The third kappa shape index (κ3) is 2.52. The highest BCUT2D eigenvalue weighted by atomic mass is 32.1. The van der Waals surface area contributed by atoms with Gasteiger partial charge in [-0.05, 0) is 31.0 Å². The Balaban J connectivity index is 2.38. The Hall–Kier alpha value is -1.30. The quantitative estimate of drug-likeness (QED) is 0.651. The average molecular weight is 251 g/mol. The first-order valence-electron chi connectivity index (χ1n) is 5.26. The highest BCUT2D eigenvalue weighted by molar-refractivity contribution is 7.11. The number of aryl methyl sites for hydroxylation is 2. The zero-order chi connectivity index (χ0) is 12.4. The van der Waals surface area contributed by atoms with Crippen molar-refractivity contribution in [3.63, 3.8) is 0 Å². The summed E-state index contributed by atoms with van der Waals surface area (Å²) in [5, 5.41) is 0.966. The number of nitrogens with two attached hydrogens (primary N) is 1. The summed E-state index contributed by atoms with van der Waals surface area (Å²) in [6.07, 6.45) is 1.77. The van der Waals surface area contributed by atoms with Crippen LogP contribution in [-0.4, -0.2) is 4.98 Å². The first kappa shape index (κ1) is 12.2. The van der Waals surface area contributed by atoms with Gasteiger partial charge in [-0.3, -0.25) is 5.84 Å². The second kappa shape index (κ2) is 4.91. The van der Waals surface area contributed by atoms with E-state index in [1.54, 1.807) is 30.5 Å². The first-order chi connectivity index (χ1) is 8.11. The zero-order valence-corrected chi connectivity index (χ0v) is 10.5. The minimum atomic E-state index is -0.219. The molecule has 1 atom stereocenters. The molecule has 0 amide bonds. The molecule has 0 saturated heterocycles. The molecule has 0 aliphatic carbocycles. The number of halogens is 1. The fourth-order valence-corrected chi connectivity index (χ4v) is 2.52. The molecule has 5 heteroatoms. The SMILES string of the molecule is Cc1ncc(C(NN)c2ccc(C)c(F)c2)s1. The molecule has 0 aliphatic rings. The number of hydrazine groups is 1. The molecule has 2 aromatic rings. The molecule has 0 spiro atoms. The van der Waals surface area contributed by atoms with Crippen LogP contribution in [0.4, 0.5) is 4.39 Å². The third-order valence-corrected chi connectivity index (χ3v) is 3.60. The summed E-state index contributed by atoms with van der Waals surface area (Å²) in [6.45, 7) is 3.66. The maximum absolute atomic E-state index is 13.5. The fraction of sp³-hybridized carbons (Fsp3) is 0.250. The van der Waals surface area contributed by atoms with Crippen molar-refractivity contribution in [1.82, 2.24) is 10.4 Å². The topological polar surface area (TPSA) is 50.9 Å². The number of thiazole rings is 1. The van der Waals surface area contributed by atoms with Crippen LogP contribution in [0, 0.1) is 19.7 Å². The smallest absolute Gasteiger partial charge is 0.126 e. The molecule has 1 aromatic heterocycles. The van der Waals surface area contributed by atoms with Gasteiger partial charge in [-0.15, -0.1) is 11.3 Å². The minimum Gasteiger partial charge on any atom is -0.271 e. The van der Waals surface area contributed by atoms with Gasteiger partial charge in [0, 0.05) is 11.1 Å². The van der Waals surface area contributed by atoms with E-state index >= 15 is 0 Å². The maximum atomic E-state index is 13.5. The second-order valence-corrected chi connectivity index (χ2v) is 5.16. The van der Waals surface area contributed by atoms with E-state index in [-0.39, 0.29) is 11.9 Å². The van der Waals surface area contributed by atoms with Crippen molar-refractivity contribution in [2.75, 3.05) is 0 Å². The molecule has 0 radical (unpaired) electrons. The third-order valence-electron chi connectivity index (χ3n) is 2.62. The normalized spacial score (nSPS) is 12.7. The van der Waals surface area contributed by atoms with Gasteiger partial charge in [0.15, 0.2) is 0 Å². The monoisotopic (exact) mass is 251 g/mol. The van der Waals surface area contributed by atoms with Gasteiger partial charge < -0.3 is 0 Å². The van der Waals surface area contributed by atoms with Gasteiger partial charge in [-0.2, -0.15) is 0 Å². The predicted molar refractivity (Wildman–Crippen MR) is 67.2 cm³/mol. The highest BCUT2D eigenvalue weighted by Crippen LogP contribution is 2.27. The van der Waals surface area contributed by atoms with Crippen LogP contribution in [0.15, 0.2) is 24.4 Å². The van der Waals surface area contributed by atoms with E-state index in [9.17, 15) is 4.39 Å². The van der Waals surface area contributed by atoms with Crippen LogP contribution < -0.4 is 11.3 Å². The van der Waals surface area contributed by atoms with Crippen molar-refractivity contribution in [3.05, 3.63) is 51.2 Å². The van der Waals surface area contributed by atoms with E-state index in [2.05, 4.69) is 10.4 Å². The summed E-state index contributed by atoms with van der Waals surface area (Å²) in [6, 6.07) is 4.92. The van der Waals surface area contributed by atoms with E-state index in [0.29, 0.717) is 5.56 Å². The molecule has 17 heavy (non-hydrogen) atoms. The van der Waals surface area contributed by atoms with Gasteiger partial charge in [0.05, 0.1) is 11.0 Å². The van der Waals surface area contributed by atoms with E-state index < -0.39 is 0 Å². The minimum absolute atomic E-state index is 0.212. The number of rotatable bonds is 3. The van der Waals surface area contributed by atoms with Gasteiger partial charge in [0.1, 0.15) is 5.82 Å². The summed E-state index contributed by atoms with van der Waals surface area (Å²) in [5.74, 6) is 5.32. The molecule has 90 valence electrons. The molecular weight excluding hydrogens is 237 g/mol. The van der Waals surface area contributed by atoms with E-state index in [0.717, 1.165) is 15.4 Å². The number of nitrogens with zero attached hydrogens (tertiary/aromatic N) is 1. The maximum Gasteiger partial charge on any atom is 0.126 e. The van der Waals surface area contributed by atoms with Crippen molar-refractivity contribution in [3.8, 4) is 0 Å². The van der Waals surface area contributed by atoms with Gasteiger partial charge in [-0.25, -0.2) is 14.8 Å². The molecule has 3 nitrogen and oxygen atoms in total. The average Bonchev–Trinajstić information content (AvgIpc) is 2.71. The summed E-state index contributed by atoms with van der Waals surface area (Å²) in [4.78, 5) is 5.16. The number of benzene rings is 1. The lowest BCUT2D eigenvalue weighted by molar-refractivity contribution is 0.601. The van der Waals surface area contributed by atoms with Crippen molar-refractivity contribution in [1.29, 1.82) is 0 Å². The molecule has 0 fully saturated rings. The molecule has 1 heterocycles. The van der Waals surface area contributed by atoms with Crippen LogP contribution >= 0.6 is 11.3 Å². The van der Waals surface area contributed by atoms with E-state index in [4.69, 9.17) is 5.84 Å². The van der Waals surface area contributed by atoms with Gasteiger partial charge in [0.2, 0.25) is 0 Å². The molecule has 0 saturated carbocycles. The molecule has 3 N–H and O–H groups in total. The lowest BCUT2D eigenvalue weighted by Gasteiger charge is -2.14. The molecule has 1 unspecified atom stereocenters. The van der Waals surface area contributed by atoms with E-state index in [1.807, 2.05) is 13.0 Å². The largest absolute Gasteiger partial charge is 0.271 e. The molecule has 0 aliphatic heterocycles. The Kier molecular flexibility index (Phi) is 3.51. The van der Waals surface area contributed by atoms with Crippen LogP contribution in [0.25, 0.3) is 0 Å². The molecule has 2 rings (SSSR count). The van der Waals surface area contributed by atoms with Crippen LogP contribution in [0.1, 0.15) is 27.1 Å². The second-order valence-electron chi connectivity index (χ2n) is 3.89. The van der Waals surface area contributed by atoms with Gasteiger partial charge >= 0.3 is 0 Å². The highest BCUT2D eigenvalue weighted by Gasteiger charge is 2.16. The number of nitrogens with one attached hydrogen (secondary N) is 1. The Labute approximate surface area is 103 Å². The van der Waals surface area contributed by atoms with Crippen LogP contribution in [0.2, 0.25) is 0 Å². The Bertz CT molecular complexity index is 524. The van der Waals surface area contributed by atoms with Crippen molar-refractivity contribution in [2.24, 2.45) is 5.84 Å². The Morgan fingerprint density at radius 3 is 2.71 bits per heavy atom. The zero-order valence-electron chi connectivity index (χ0n) is 9.70. The molecular formula is C12H14FN3S.